The van der Waals surface area contributed by atoms with E-state index in [0.717, 1.165) is 44.7 Å². The zero-order chi connectivity index (χ0) is 19.2. The molecule has 1 aliphatic heterocycles. The summed E-state index contributed by atoms with van der Waals surface area (Å²) in [5, 5.41) is 3.24. The molecule has 1 saturated heterocycles. The van der Waals surface area contributed by atoms with Crippen molar-refractivity contribution in [3.63, 3.8) is 0 Å². The fourth-order valence-corrected chi connectivity index (χ4v) is 4.16. The van der Waals surface area contributed by atoms with Gasteiger partial charge in [0.15, 0.2) is 11.6 Å². The molecular formula is C21H32FN3O2. The lowest BCUT2D eigenvalue weighted by Gasteiger charge is -2.35. The summed E-state index contributed by atoms with van der Waals surface area (Å²) in [4.78, 5) is 16.9. The zero-order valence-corrected chi connectivity index (χ0v) is 16.5. The molecule has 0 bridgehead atoms. The molecule has 0 spiro atoms. The van der Waals surface area contributed by atoms with E-state index in [9.17, 15) is 9.18 Å². The van der Waals surface area contributed by atoms with E-state index in [0.29, 0.717) is 18.5 Å². The van der Waals surface area contributed by atoms with Gasteiger partial charge in [0.1, 0.15) is 0 Å². The highest BCUT2D eigenvalue weighted by Crippen LogP contribution is 2.23. The molecule has 6 heteroatoms. The summed E-state index contributed by atoms with van der Waals surface area (Å²) in [5.74, 6) is 0.702. The maximum absolute atomic E-state index is 13.8. The van der Waals surface area contributed by atoms with Gasteiger partial charge in [0.25, 0.3) is 0 Å². The van der Waals surface area contributed by atoms with Gasteiger partial charge in [0, 0.05) is 38.8 Å². The lowest BCUT2D eigenvalue weighted by Crippen LogP contribution is -2.51. The molecule has 1 amide bonds. The molecule has 5 nitrogen and oxygen atoms in total. The lowest BCUT2D eigenvalue weighted by molar-refractivity contribution is -0.124. The van der Waals surface area contributed by atoms with Crippen LogP contribution in [0.25, 0.3) is 0 Å². The Kier molecular flexibility index (Phi) is 7.07. The van der Waals surface area contributed by atoms with Crippen LogP contribution in [0.2, 0.25) is 0 Å². The van der Waals surface area contributed by atoms with Gasteiger partial charge in [-0.2, -0.15) is 0 Å². The molecule has 1 aromatic rings. The topological polar surface area (TPSA) is 44.8 Å². The van der Waals surface area contributed by atoms with Crippen molar-refractivity contribution in [3.05, 3.63) is 29.6 Å². The van der Waals surface area contributed by atoms with Crippen molar-refractivity contribution in [2.24, 2.45) is 5.92 Å². The molecule has 27 heavy (non-hydrogen) atoms. The number of carbonyl (C=O) groups is 1. The normalized spacial score (nSPS) is 24.6. The van der Waals surface area contributed by atoms with Gasteiger partial charge >= 0.3 is 0 Å². The van der Waals surface area contributed by atoms with E-state index < -0.39 is 0 Å². The number of benzene rings is 1. The van der Waals surface area contributed by atoms with Crippen LogP contribution in [-0.2, 0) is 11.3 Å². The molecule has 1 saturated carbocycles. The number of nitrogens with zero attached hydrogens (tertiary/aromatic N) is 2. The summed E-state index contributed by atoms with van der Waals surface area (Å²) in [5.41, 5.74) is 0.950. The van der Waals surface area contributed by atoms with Crippen molar-refractivity contribution in [3.8, 4) is 5.75 Å². The van der Waals surface area contributed by atoms with Crippen molar-refractivity contribution in [1.29, 1.82) is 0 Å². The Morgan fingerprint density at radius 2 is 1.89 bits per heavy atom. The fraction of sp³-hybridized carbons (Fsp3) is 0.667. The number of halogens is 1. The third-order valence-corrected chi connectivity index (χ3v) is 5.91. The number of ether oxygens (including phenoxy) is 1. The van der Waals surface area contributed by atoms with E-state index in [1.165, 1.54) is 26.4 Å². The minimum atomic E-state index is -0.317. The molecule has 1 aromatic carbocycles. The highest BCUT2D eigenvalue weighted by molar-refractivity contribution is 5.78. The Hall–Kier alpha value is -1.66. The first-order valence-electron chi connectivity index (χ1n) is 10.1. The molecule has 1 heterocycles. The Labute approximate surface area is 161 Å². The van der Waals surface area contributed by atoms with E-state index in [1.807, 2.05) is 6.07 Å². The average Bonchev–Trinajstić information content (AvgIpc) is 2.65. The van der Waals surface area contributed by atoms with Gasteiger partial charge in [-0.05, 0) is 36.5 Å². The molecule has 0 aromatic heterocycles. The van der Waals surface area contributed by atoms with Gasteiger partial charge in [-0.3, -0.25) is 14.6 Å². The molecule has 2 aliphatic rings. The second kappa shape index (κ2) is 9.51. The highest BCUT2D eigenvalue weighted by atomic mass is 19.1. The van der Waals surface area contributed by atoms with Crippen molar-refractivity contribution >= 4 is 5.91 Å². The minimum absolute atomic E-state index is 0.152. The lowest BCUT2D eigenvalue weighted by atomic mass is 9.86. The Balaban J connectivity index is 1.40. The maximum atomic E-state index is 13.8. The minimum Gasteiger partial charge on any atom is -0.494 e. The summed E-state index contributed by atoms with van der Waals surface area (Å²) >= 11 is 0. The predicted molar refractivity (Wildman–Crippen MR) is 104 cm³/mol. The number of carbonyl (C=O) groups excluding carboxylic acids is 1. The molecule has 1 N–H and O–H groups in total. The van der Waals surface area contributed by atoms with Crippen LogP contribution >= 0.6 is 0 Å². The van der Waals surface area contributed by atoms with E-state index in [4.69, 9.17) is 4.74 Å². The van der Waals surface area contributed by atoms with Gasteiger partial charge in [0.05, 0.1) is 13.7 Å². The van der Waals surface area contributed by atoms with Crippen LogP contribution in [0.5, 0.6) is 5.75 Å². The number of amides is 1. The van der Waals surface area contributed by atoms with Crippen molar-refractivity contribution in [2.45, 2.75) is 45.2 Å². The van der Waals surface area contributed by atoms with E-state index in [2.05, 4.69) is 22.0 Å². The Morgan fingerprint density at radius 1 is 1.19 bits per heavy atom. The predicted octanol–water partition coefficient (Wildman–Crippen LogP) is 2.65. The first-order chi connectivity index (χ1) is 13.0. The molecule has 0 radical (unpaired) electrons. The first kappa shape index (κ1) is 20.1. The Morgan fingerprint density at radius 3 is 2.56 bits per heavy atom. The number of piperazine rings is 1. The largest absolute Gasteiger partial charge is 0.494 e. The van der Waals surface area contributed by atoms with Crippen molar-refractivity contribution in [2.75, 3.05) is 39.8 Å². The smallest absolute Gasteiger partial charge is 0.234 e. The molecule has 2 atom stereocenters. The second-order valence-corrected chi connectivity index (χ2v) is 7.96. The average molecular weight is 378 g/mol. The quantitative estimate of drug-likeness (QED) is 0.828. The van der Waals surface area contributed by atoms with E-state index >= 15 is 0 Å². The zero-order valence-electron chi connectivity index (χ0n) is 16.5. The monoisotopic (exact) mass is 377 g/mol. The number of rotatable bonds is 6. The highest BCUT2D eigenvalue weighted by Gasteiger charge is 2.24. The molecule has 1 aliphatic carbocycles. The SMILES string of the molecule is COc1ccc(CN2CCN(CC(=O)N[C@H]3CCCC[C@H]3C)CC2)cc1F. The van der Waals surface area contributed by atoms with E-state index in [-0.39, 0.29) is 17.5 Å². The van der Waals surface area contributed by atoms with Gasteiger partial charge in [-0.1, -0.05) is 25.8 Å². The Bertz CT molecular complexity index is 632. The summed E-state index contributed by atoms with van der Waals surface area (Å²) < 4.78 is 18.8. The second-order valence-electron chi connectivity index (χ2n) is 7.96. The summed E-state index contributed by atoms with van der Waals surface area (Å²) in [7, 11) is 1.47. The van der Waals surface area contributed by atoms with Gasteiger partial charge in [-0.15, -0.1) is 0 Å². The fourth-order valence-electron chi connectivity index (χ4n) is 4.16. The summed E-state index contributed by atoms with van der Waals surface area (Å²) in [6, 6.07) is 5.48. The molecule has 150 valence electrons. The molecule has 3 rings (SSSR count). The van der Waals surface area contributed by atoms with Crippen LogP contribution < -0.4 is 10.1 Å². The summed E-state index contributed by atoms with van der Waals surface area (Å²) in [6.07, 6.45) is 4.84. The van der Waals surface area contributed by atoms with Crippen LogP contribution in [0.4, 0.5) is 4.39 Å². The number of nitrogens with one attached hydrogen (secondary N) is 1. The number of hydrogen-bond donors (Lipinski definition) is 1. The van der Waals surface area contributed by atoms with E-state index in [1.54, 1.807) is 12.1 Å². The van der Waals surface area contributed by atoms with Gasteiger partial charge < -0.3 is 10.1 Å². The third kappa shape index (κ3) is 5.66. The standard InChI is InChI=1S/C21H32FN3O2/c1-16-5-3-4-6-19(16)23-21(26)15-25-11-9-24(10-12-25)14-17-7-8-20(27-2)18(22)13-17/h7-8,13,16,19H,3-6,9-12,14-15H2,1-2H3,(H,23,26)/t16-,19+/m1/s1. The molecule has 2 fully saturated rings. The number of methoxy groups -OCH3 is 1. The van der Waals surface area contributed by atoms with Crippen molar-refractivity contribution in [1.82, 2.24) is 15.1 Å². The van der Waals surface area contributed by atoms with Crippen LogP contribution in [0.15, 0.2) is 18.2 Å². The van der Waals surface area contributed by atoms with Crippen molar-refractivity contribution < 1.29 is 13.9 Å². The van der Waals surface area contributed by atoms with Crippen LogP contribution in [0.1, 0.15) is 38.2 Å². The van der Waals surface area contributed by atoms with Crippen LogP contribution in [0.3, 0.4) is 0 Å². The maximum Gasteiger partial charge on any atom is 0.234 e. The number of hydrogen-bond acceptors (Lipinski definition) is 4. The summed E-state index contributed by atoms with van der Waals surface area (Å²) in [6.45, 7) is 6.96. The first-order valence-corrected chi connectivity index (χ1v) is 10.1. The third-order valence-electron chi connectivity index (χ3n) is 5.91. The molecular weight excluding hydrogens is 345 g/mol. The molecule has 0 unspecified atom stereocenters. The van der Waals surface area contributed by atoms with Crippen LogP contribution in [-0.4, -0.2) is 61.6 Å². The van der Waals surface area contributed by atoms with Gasteiger partial charge in [0.2, 0.25) is 5.91 Å². The van der Waals surface area contributed by atoms with Gasteiger partial charge in [-0.25, -0.2) is 4.39 Å². The van der Waals surface area contributed by atoms with Crippen LogP contribution in [0, 0.1) is 11.7 Å².